The lowest BCUT2D eigenvalue weighted by Crippen LogP contribution is -2.59. The van der Waals surface area contributed by atoms with Gasteiger partial charge in [-0.1, -0.05) is 27.7 Å². The number of piperidine rings is 1. The maximum absolute atomic E-state index is 3.79. The Morgan fingerprint density at radius 1 is 1.24 bits per heavy atom. The van der Waals surface area contributed by atoms with Crippen molar-refractivity contribution < 1.29 is 0 Å². The second kappa shape index (κ2) is 7.43. The summed E-state index contributed by atoms with van der Waals surface area (Å²) in [6, 6.07) is 1.44. The number of rotatable bonds is 5. The van der Waals surface area contributed by atoms with Gasteiger partial charge in [-0.3, -0.25) is 4.90 Å². The van der Waals surface area contributed by atoms with Crippen LogP contribution < -0.4 is 5.32 Å². The number of nitrogens with one attached hydrogen (secondary N) is 1. The number of nitrogens with zero attached hydrogens (tertiary/aromatic N) is 2. The molecule has 2 unspecified atom stereocenters. The van der Waals surface area contributed by atoms with E-state index < -0.39 is 0 Å². The van der Waals surface area contributed by atoms with Gasteiger partial charge in [0, 0.05) is 31.7 Å². The Morgan fingerprint density at radius 3 is 2.48 bits per heavy atom. The molecule has 0 amide bonds. The van der Waals surface area contributed by atoms with Crippen LogP contribution in [-0.2, 0) is 0 Å². The molecule has 2 aliphatic rings. The highest BCUT2D eigenvalue weighted by Crippen LogP contribution is 2.33. The van der Waals surface area contributed by atoms with E-state index >= 15 is 0 Å². The summed E-state index contributed by atoms with van der Waals surface area (Å²) in [4.78, 5) is 5.30. The minimum absolute atomic E-state index is 0.527. The van der Waals surface area contributed by atoms with Gasteiger partial charge in [0.15, 0.2) is 0 Å². The van der Waals surface area contributed by atoms with Crippen LogP contribution in [0.25, 0.3) is 0 Å². The fraction of sp³-hybridized carbons (Fsp3) is 1.00. The molecule has 2 aliphatic heterocycles. The van der Waals surface area contributed by atoms with Gasteiger partial charge in [0.1, 0.15) is 0 Å². The monoisotopic (exact) mass is 295 g/mol. The number of hydrogen-bond donors (Lipinski definition) is 1. The van der Waals surface area contributed by atoms with E-state index in [0.29, 0.717) is 11.5 Å². The highest BCUT2D eigenvalue weighted by Gasteiger charge is 2.35. The largest absolute Gasteiger partial charge is 0.311 e. The molecule has 0 aromatic heterocycles. The van der Waals surface area contributed by atoms with Crippen molar-refractivity contribution in [3.63, 3.8) is 0 Å². The average Bonchev–Trinajstić information content (AvgIpc) is 2.42. The van der Waals surface area contributed by atoms with Crippen LogP contribution >= 0.6 is 0 Å². The molecule has 0 spiro atoms. The van der Waals surface area contributed by atoms with E-state index in [9.17, 15) is 0 Å². The van der Waals surface area contributed by atoms with E-state index in [4.69, 9.17) is 0 Å². The number of likely N-dealkylation sites (tertiary alicyclic amines) is 1. The molecule has 0 aliphatic carbocycles. The van der Waals surface area contributed by atoms with Crippen molar-refractivity contribution in [2.24, 2.45) is 11.3 Å². The van der Waals surface area contributed by atoms with Gasteiger partial charge >= 0.3 is 0 Å². The molecule has 3 heteroatoms. The molecule has 0 aromatic rings. The predicted octanol–water partition coefficient (Wildman–Crippen LogP) is 2.82. The molecule has 21 heavy (non-hydrogen) atoms. The summed E-state index contributed by atoms with van der Waals surface area (Å²) in [7, 11) is 2.26. The smallest absolute Gasteiger partial charge is 0.0219 e. The van der Waals surface area contributed by atoms with Crippen molar-refractivity contribution in [1.82, 2.24) is 15.1 Å². The fourth-order valence-corrected chi connectivity index (χ4v) is 4.06. The first-order valence-electron chi connectivity index (χ1n) is 9.08. The lowest BCUT2D eigenvalue weighted by Gasteiger charge is -2.47. The average molecular weight is 296 g/mol. The van der Waals surface area contributed by atoms with E-state index in [1.54, 1.807) is 0 Å². The van der Waals surface area contributed by atoms with Crippen LogP contribution in [0, 0.1) is 11.3 Å². The molecule has 2 atom stereocenters. The van der Waals surface area contributed by atoms with E-state index in [2.05, 4.69) is 49.9 Å². The summed E-state index contributed by atoms with van der Waals surface area (Å²) < 4.78 is 0. The van der Waals surface area contributed by atoms with Gasteiger partial charge in [-0.2, -0.15) is 0 Å². The lowest BCUT2D eigenvalue weighted by molar-refractivity contribution is 0.0384. The van der Waals surface area contributed by atoms with Crippen LogP contribution in [0.3, 0.4) is 0 Å². The summed E-state index contributed by atoms with van der Waals surface area (Å²) >= 11 is 0. The van der Waals surface area contributed by atoms with Gasteiger partial charge in [-0.15, -0.1) is 0 Å². The molecule has 0 aromatic carbocycles. The van der Waals surface area contributed by atoms with Crippen molar-refractivity contribution in [3.05, 3.63) is 0 Å². The zero-order valence-electron chi connectivity index (χ0n) is 15.0. The predicted molar refractivity (Wildman–Crippen MR) is 91.7 cm³/mol. The standard InChI is InChI=1S/C18H37N3/c1-6-17-12-19-16(11-15(2)3)13-21(17)14-18(4)7-9-20(5)10-8-18/h15-17,19H,6-14H2,1-5H3. The van der Waals surface area contributed by atoms with E-state index in [1.165, 1.54) is 58.4 Å². The maximum atomic E-state index is 3.79. The molecule has 0 radical (unpaired) electrons. The summed E-state index contributed by atoms with van der Waals surface area (Å²) in [5, 5.41) is 3.79. The third-order valence-corrected chi connectivity index (χ3v) is 5.62. The zero-order chi connectivity index (χ0) is 15.5. The van der Waals surface area contributed by atoms with E-state index in [0.717, 1.165) is 12.0 Å². The minimum atomic E-state index is 0.527. The molecule has 2 saturated heterocycles. The summed E-state index contributed by atoms with van der Waals surface area (Å²) in [5.41, 5.74) is 0.527. The van der Waals surface area contributed by atoms with Gasteiger partial charge in [-0.25, -0.2) is 0 Å². The first-order chi connectivity index (χ1) is 9.92. The second-order valence-corrected chi connectivity index (χ2v) is 8.34. The third-order valence-electron chi connectivity index (χ3n) is 5.62. The first kappa shape index (κ1) is 17.2. The molecule has 0 bridgehead atoms. The van der Waals surface area contributed by atoms with Gasteiger partial charge in [0.25, 0.3) is 0 Å². The minimum Gasteiger partial charge on any atom is -0.311 e. The Hall–Kier alpha value is -0.120. The SMILES string of the molecule is CCC1CNC(CC(C)C)CN1CC1(C)CCN(C)CC1. The number of hydrogen-bond acceptors (Lipinski definition) is 3. The van der Waals surface area contributed by atoms with Crippen LogP contribution in [-0.4, -0.2) is 61.7 Å². The van der Waals surface area contributed by atoms with Crippen molar-refractivity contribution in [3.8, 4) is 0 Å². The lowest BCUT2D eigenvalue weighted by atomic mass is 9.79. The van der Waals surface area contributed by atoms with Crippen LogP contribution in [0.15, 0.2) is 0 Å². The fourth-order valence-electron chi connectivity index (χ4n) is 4.06. The normalized spacial score (nSPS) is 31.7. The zero-order valence-corrected chi connectivity index (χ0v) is 15.0. The van der Waals surface area contributed by atoms with Crippen LogP contribution in [0.4, 0.5) is 0 Å². The molecule has 2 fully saturated rings. The second-order valence-electron chi connectivity index (χ2n) is 8.34. The Morgan fingerprint density at radius 2 is 1.90 bits per heavy atom. The summed E-state index contributed by atoms with van der Waals surface area (Å²) in [6.45, 7) is 15.8. The molecule has 3 nitrogen and oxygen atoms in total. The van der Waals surface area contributed by atoms with Crippen molar-refractivity contribution in [2.45, 2.75) is 65.5 Å². The Balaban J connectivity index is 1.94. The summed E-state index contributed by atoms with van der Waals surface area (Å²) in [6.07, 6.45) is 5.31. The Kier molecular flexibility index (Phi) is 6.10. The van der Waals surface area contributed by atoms with Crippen molar-refractivity contribution in [2.75, 3.05) is 39.8 Å². The maximum Gasteiger partial charge on any atom is 0.0219 e. The molecule has 1 N–H and O–H groups in total. The van der Waals surface area contributed by atoms with Crippen molar-refractivity contribution in [1.29, 1.82) is 0 Å². The van der Waals surface area contributed by atoms with Crippen LogP contribution in [0.1, 0.15) is 53.4 Å². The molecule has 124 valence electrons. The van der Waals surface area contributed by atoms with Gasteiger partial charge < -0.3 is 10.2 Å². The van der Waals surface area contributed by atoms with Crippen LogP contribution in [0.2, 0.25) is 0 Å². The quantitative estimate of drug-likeness (QED) is 0.841. The van der Waals surface area contributed by atoms with Gasteiger partial charge in [0.05, 0.1) is 0 Å². The van der Waals surface area contributed by atoms with E-state index in [1.807, 2.05) is 0 Å². The van der Waals surface area contributed by atoms with Gasteiger partial charge in [-0.05, 0) is 57.2 Å². The molecular weight excluding hydrogens is 258 g/mol. The van der Waals surface area contributed by atoms with Crippen molar-refractivity contribution >= 4 is 0 Å². The topological polar surface area (TPSA) is 18.5 Å². The molecule has 2 rings (SSSR count). The van der Waals surface area contributed by atoms with E-state index in [-0.39, 0.29) is 0 Å². The Bertz CT molecular complexity index is 308. The van der Waals surface area contributed by atoms with Gasteiger partial charge in [0.2, 0.25) is 0 Å². The third kappa shape index (κ3) is 4.94. The highest BCUT2D eigenvalue weighted by molar-refractivity contribution is 4.91. The first-order valence-corrected chi connectivity index (χ1v) is 9.08. The van der Waals surface area contributed by atoms with Crippen LogP contribution in [0.5, 0.6) is 0 Å². The highest BCUT2D eigenvalue weighted by atomic mass is 15.2. The number of piperazine rings is 1. The summed E-state index contributed by atoms with van der Waals surface area (Å²) in [5.74, 6) is 0.793. The molecule has 2 heterocycles. The Labute approximate surface area is 132 Å². The molecular formula is C18H37N3. The molecule has 0 saturated carbocycles.